The van der Waals surface area contributed by atoms with Crippen LogP contribution in [0.5, 0.6) is 0 Å². The van der Waals surface area contributed by atoms with E-state index in [4.69, 9.17) is 5.73 Å². The number of anilines is 2. The van der Waals surface area contributed by atoms with E-state index in [0.29, 0.717) is 5.41 Å². The van der Waals surface area contributed by atoms with Crippen molar-refractivity contribution in [1.82, 2.24) is 0 Å². The quantitative estimate of drug-likeness (QED) is 0.824. The molecule has 1 atom stereocenters. The lowest BCUT2D eigenvalue weighted by Crippen LogP contribution is -2.07. The summed E-state index contributed by atoms with van der Waals surface area (Å²) < 4.78 is 1.04. The smallest absolute Gasteiger partial charge is 0.0486 e. The van der Waals surface area contributed by atoms with E-state index in [1.807, 2.05) is 18.2 Å². The minimum Gasteiger partial charge on any atom is -0.399 e. The maximum absolute atomic E-state index is 5.68. The van der Waals surface area contributed by atoms with Crippen molar-refractivity contribution in [3.63, 3.8) is 0 Å². The molecule has 15 heavy (non-hydrogen) atoms. The molecule has 1 unspecified atom stereocenters. The number of hydrogen-bond donors (Lipinski definition) is 2. The van der Waals surface area contributed by atoms with Gasteiger partial charge in [0, 0.05) is 22.4 Å². The van der Waals surface area contributed by atoms with Crippen LogP contribution in [0.3, 0.4) is 0 Å². The summed E-state index contributed by atoms with van der Waals surface area (Å²) in [5, 5.41) is 3.46. The Kier molecular flexibility index (Phi) is 2.67. The van der Waals surface area contributed by atoms with Crippen LogP contribution in [-0.2, 0) is 0 Å². The summed E-state index contributed by atoms with van der Waals surface area (Å²) >= 11 is 3.50. The van der Waals surface area contributed by atoms with Crippen molar-refractivity contribution in [3.8, 4) is 0 Å². The van der Waals surface area contributed by atoms with E-state index in [1.165, 1.54) is 6.42 Å². The molecule has 0 heterocycles. The zero-order chi connectivity index (χ0) is 11.1. The van der Waals surface area contributed by atoms with Gasteiger partial charge in [-0.1, -0.05) is 13.8 Å². The Bertz CT molecular complexity index is 374. The third kappa shape index (κ3) is 2.46. The van der Waals surface area contributed by atoms with Crippen LogP contribution in [0.4, 0.5) is 11.4 Å². The van der Waals surface area contributed by atoms with E-state index >= 15 is 0 Å². The highest BCUT2D eigenvalue weighted by atomic mass is 79.9. The maximum Gasteiger partial charge on any atom is 0.0486 e. The third-order valence-corrected chi connectivity index (χ3v) is 3.91. The Balaban J connectivity index is 1.94. The van der Waals surface area contributed by atoms with Crippen LogP contribution in [0, 0.1) is 11.3 Å². The SMILES string of the molecule is CC1(C)CC1CNc1ccc(N)cc1Br. The van der Waals surface area contributed by atoms with E-state index in [1.54, 1.807) is 0 Å². The van der Waals surface area contributed by atoms with Crippen molar-refractivity contribution in [3.05, 3.63) is 22.7 Å². The first kappa shape index (κ1) is 10.8. The molecule has 0 saturated heterocycles. The van der Waals surface area contributed by atoms with Gasteiger partial charge in [0.25, 0.3) is 0 Å². The maximum atomic E-state index is 5.68. The molecule has 82 valence electrons. The summed E-state index contributed by atoms with van der Waals surface area (Å²) in [6.07, 6.45) is 1.33. The second-order valence-electron chi connectivity index (χ2n) is 5.01. The molecule has 1 aromatic rings. The number of nitrogen functional groups attached to an aromatic ring is 1. The highest BCUT2D eigenvalue weighted by Crippen LogP contribution is 2.51. The van der Waals surface area contributed by atoms with Crippen LogP contribution in [0.2, 0.25) is 0 Å². The first-order valence-corrected chi connectivity index (χ1v) is 6.07. The van der Waals surface area contributed by atoms with Gasteiger partial charge < -0.3 is 11.1 Å². The van der Waals surface area contributed by atoms with E-state index in [9.17, 15) is 0 Å². The van der Waals surface area contributed by atoms with E-state index in [2.05, 4.69) is 35.1 Å². The van der Waals surface area contributed by atoms with Crippen LogP contribution in [0.25, 0.3) is 0 Å². The van der Waals surface area contributed by atoms with E-state index in [-0.39, 0.29) is 0 Å². The fourth-order valence-corrected chi connectivity index (χ4v) is 2.37. The van der Waals surface area contributed by atoms with Gasteiger partial charge in [-0.05, 0) is 51.9 Å². The number of nitrogens with two attached hydrogens (primary N) is 1. The molecule has 3 N–H and O–H groups in total. The third-order valence-electron chi connectivity index (χ3n) is 3.25. The zero-order valence-corrected chi connectivity index (χ0v) is 10.8. The Labute approximate surface area is 99.4 Å². The molecule has 0 amide bonds. The molecule has 1 fully saturated rings. The monoisotopic (exact) mass is 268 g/mol. The highest BCUT2D eigenvalue weighted by molar-refractivity contribution is 9.10. The van der Waals surface area contributed by atoms with Crippen LogP contribution in [-0.4, -0.2) is 6.54 Å². The molecule has 0 radical (unpaired) electrons. The summed E-state index contributed by atoms with van der Waals surface area (Å²) in [5.41, 5.74) is 8.14. The van der Waals surface area contributed by atoms with E-state index in [0.717, 1.165) is 28.3 Å². The van der Waals surface area contributed by atoms with Crippen molar-refractivity contribution in [2.75, 3.05) is 17.6 Å². The minimum atomic E-state index is 0.535. The molecule has 3 heteroatoms. The first-order chi connectivity index (χ1) is 6.99. The summed E-state index contributed by atoms with van der Waals surface area (Å²) in [5.74, 6) is 0.807. The van der Waals surface area contributed by atoms with Crippen LogP contribution in [0.1, 0.15) is 20.3 Å². The molecule has 2 nitrogen and oxygen atoms in total. The average Bonchev–Trinajstić information content (AvgIpc) is 2.73. The normalized spacial score (nSPS) is 22.5. The molecule has 0 aliphatic heterocycles. The molecule has 1 aliphatic carbocycles. The zero-order valence-electron chi connectivity index (χ0n) is 9.18. The van der Waals surface area contributed by atoms with Crippen molar-refractivity contribution in [1.29, 1.82) is 0 Å². The summed E-state index contributed by atoms with van der Waals surface area (Å²) in [7, 11) is 0. The number of halogens is 1. The predicted octanol–water partition coefficient (Wildman–Crippen LogP) is 3.49. The second-order valence-corrected chi connectivity index (χ2v) is 5.86. The Morgan fingerprint density at radius 2 is 2.20 bits per heavy atom. The van der Waals surface area contributed by atoms with Gasteiger partial charge in [-0.2, -0.15) is 0 Å². The van der Waals surface area contributed by atoms with Crippen molar-refractivity contribution >= 4 is 27.3 Å². The predicted molar refractivity (Wildman–Crippen MR) is 68.9 cm³/mol. The minimum absolute atomic E-state index is 0.535. The summed E-state index contributed by atoms with van der Waals surface area (Å²) in [6.45, 7) is 5.68. The van der Waals surface area contributed by atoms with Gasteiger partial charge in [0.2, 0.25) is 0 Å². The van der Waals surface area contributed by atoms with Gasteiger partial charge in [0.15, 0.2) is 0 Å². The molecular weight excluding hydrogens is 252 g/mol. The Morgan fingerprint density at radius 1 is 1.53 bits per heavy atom. The van der Waals surface area contributed by atoms with Crippen LogP contribution in [0.15, 0.2) is 22.7 Å². The van der Waals surface area contributed by atoms with E-state index < -0.39 is 0 Å². The molecule has 0 aromatic heterocycles. The van der Waals surface area contributed by atoms with Gasteiger partial charge in [-0.3, -0.25) is 0 Å². The summed E-state index contributed by atoms with van der Waals surface area (Å²) in [4.78, 5) is 0. The topological polar surface area (TPSA) is 38.0 Å². The fraction of sp³-hybridized carbons (Fsp3) is 0.500. The van der Waals surface area contributed by atoms with Crippen molar-refractivity contribution in [2.45, 2.75) is 20.3 Å². The van der Waals surface area contributed by atoms with Crippen LogP contribution >= 0.6 is 15.9 Å². The van der Waals surface area contributed by atoms with Crippen LogP contribution < -0.4 is 11.1 Å². The lowest BCUT2D eigenvalue weighted by atomic mass is 10.1. The largest absolute Gasteiger partial charge is 0.399 e. The highest BCUT2D eigenvalue weighted by Gasteiger charge is 2.44. The lowest BCUT2D eigenvalue weighted by molar-refractivity contribution is 0.573. The molecule has 1 aliphatic rings. The first-order valence-electron chi connectivity index (χ1n) is 5.28. The van der Waals surface area contributed by atoms with Gasteiger partial charge >= 0.3 is 0 Å². The van der Waals surface area contributed by atoms with Crippen molar-refractivity contribution in [2.24, 2.45) is 11.3 Å². The average molecular weight is 269 g/mol. The number of rotatable bonds is 3. The number of benzene rings is 1. The molecule has 0 bridgehead atoms. The number of nitrogens with one attached hydrogen (secondary N) is 1. The standard InChI is InChI=1S/C12H17BrN2/c1-12(2)6-8(12)7-15-11-4-3-9(14)5-10(11)13/h3-5,8,15H,6-7,14H2,1-2H3. The molecule has 1 aromatic carbocycles. The molecule has 1 saturated carbocycles. The fourth-order valence-electron chi connectivity index (χ4n) is 1.83. The molecule has 0 spiro atoms. The van der Waals surface area contributed by atoms with Gasteiger partial charge in [0.05, 0.1) is 0 Å². The number of hydrogen-bond acceptors (Lipinski definition) is 2. The Morgan fingerprint density at radius 3 is 2.73 bits per heavy atom. The Hall–Kier alpha value is -0.700. The molecular formula is C12H17BrN2. The summed E-state index contributed by atoms with van der Waals surface area (Å²) in [6, 6.07) is 5.88. The van der Waals surface area contributed by atoms with Gasteiger partial charge in [0.1, 0.15) is 0 Å². The van der Waals surface area contributed by atoms with Crippen molar-refractivity contribution < 1.29 is 0 Å². The second kappa shape index (κ2) is 3.71. The van der Waals surface area contributed by atoms with Gasteiger partial charge in [-0.25, -0.2) is 0 Å². The lowest BCUT2D eigenvalue weighted by Gasteiger charge is -2.10. The molecule has 2 rings (SSSR count). The van der Waals surface area contributed by atoms with Gasteiger partial charge in [-0.15, -0.1) is 0 Å².